The van der Waals surface area contributed by atoms with Crippen LogP contribution in [0.5, 0.6) is 0 Å². The Kier molecular flexibility index (Phi) is 4.17. The number of carbonyl (C=O) groups is 1. The minimum absolute atomic E-state index is 0.0299. The van der Waals surface area contributed by atoms with Crippen LogP contribution in [0.4, 0.5) is 0 Å². The number of aryl methyl sites for hydroxylation is 1. The summed E-state index contributed by atoms with van der Waals surface area (Å²) in [6.45, 7) is 6.21. The summed E-state index contributed by atoms with van der Waals surface area (Å²) in [5, 5.41) is 4.62. The van der Waals surface area contributed by atoms with Crippen LogP contribution in [0.3, 0.4) is 0 Å². The number of nitrogens with zero attached hydrogens (tertiary/aromatic N) is 3. The van der Waals surface area contributed by atoms with Crippen LogP contribution in [-0.2, 0) is 0 Å². The minimum atomic E-state index is 0.0299. The van der Waals surface area contributed by atoms with Crippen molar-refractivity contribution in [2.24, 2.45) is 0 Å². The number of alkyl halides is 1. The maximum atomic E-state index is 12.1. The molecule has 1 aromatic rings. The Hall–Kier alpha value is -0.880. The van der Waals surface area contributed by atoms with E-state index in [2.05, 4.69) is 26.0 Å². The topological polar surface area (TPSA) is 49.6 Å². The molecule has 0 unspecified atom stereocenters. The molecule has 0 saturated carbocycles. The molecular formula is C11H16BrN3O2. The summed E-state index contributed by atoms with van der Waals surface area (Å²) in [5.41, 5.74) is 0.582. The molecule has 2 rings (SSSR count). The average molecular weight is 302 g/mol. The van der Waals surface area contributed by atoms with E-state index in [0.717, 1.165) is 38.1 Å². The van der Waals surface area contributed by atoms with Gasteiger partial charge in [-0.1, -0.05) is 21.1 Å². The Morgan fingerprint density at radius 1 is 1.47 bits per heavy atom. The molecule has 5 nitrogen and oxygen atoms in total. The van der Waals surface area contributed by atoms with E-state index >= 15 is 0 Å². The van der Waals surface area contributed by atoms with Crippen molar-refractivity contribution in [3.05, 3.63) is 17.5 Å². The summed E-state index contributed by atoms with van der Waals surface area (Å²) in [6, 6.07) is 0. The number of aromatic nitrogens is 1. The van der Waals surface area contributed by atoms with Gasteiger partial charge in [-0.25, -0.2) is 0 Å². The lowest BCUT2D eigenvalue weighted by Crippen LogP contribution is -2.49. The molecule has 1 aliphatic heterocycles. The van der Waals surface area contributed by atoms with Gasteiger partial charge >= 0.3 is 0 Å². The lowest BCUT2D eigenvalue weighted by molar-refractivity contribution is 0.0643. The van der Waals surface area contributed by atoms with Gasteiger partial charge in [-0.05, 0) is 6.92 Å². The van der Waals surface area contributed by atoms with E-state index in [4.69, 9.17) is 4.52 Å². The molecule has 0 aliphatic carbocycles. The van der Waals surface area contributed by atoms with Crippen molar-refractivity contribution < 1.29 is 9.32 Å². The van der Waals surface area contributed by atoms with Gasteiger partial charge in [0, 0.05) is 38.1 Å². The van der Waals surface area contributed by atoms with Crippen molar-refractivity contribution >= 4 is 21.8 Å². The van der Waals surface area contributed by atoms with Crippen molar-refractivity contribution in [3.8, 4) is 0 Å². The van der Waals surface area contributed by atoms with Crippen molar-refractivity contribution in [2.45, 2.75) is 6.92 Å². The predicted molar refractivity (Wildman–Crippen MR) is 67.4 cm³/mol. The van der Waals surface area contributed by atoms with Gasteiger partial charge in [-0.15, -0.1) is 0 Å². The Bertz CT molecular complexity index is 386. The molecule has 1 amide bonds. The van der Waals surface area contributed by atoms with Crippen LogP contribution in [0.25, 0.3) is 0 Å². The normalized spacial score (nSPS) is 17.4. The summed E-state index contributed by atoms with van der Waals surface area (Å²) < 4.78 is 4.92. The zero-order valence-corrected chi connectivity index (χ0v) is 11.4. The molecule has 0 radical (unpaired) electrons. The predicted octanol–water partition coefficient (Wildman–Crippen LogP) is 1.14. The molecule has 2 heterocycles. The van der Waals surface area contributed by atoms with Gasteiger partial charge in [0.2, 0.25) is 0 Å². The van der Waals surface area contributed by atoms with Gasteiger partial charge in [-0.2, -0.15) is 0 Å². The van der Waals surface area contributed by atoms with E-state index in [1.54, 1.807) is 6.92 Å². The molecule has 0 atom stereocenters. The second kappa shape index (κ2) is 5.64. The average Bonchev–Trinajstić information content (AvgIpc) is 2.76. The summed E-state index contributed by atoms with van der Waals surface area (Å²) >= 11 is 3.43. The molecule has 94 valence electrons. The molecule has 1 aliphatic rings. The van der Waals surface area contributed by atoms with E-state index in [1.807, 2.05) is 4.90 Å². The van der Waals surface area contributed by atoms with Crippen molar-refractivity contribution in [2.75, 3.05) is 38.1 Å². The first-order valence-corrected chi connectivity index (χ1v) is 6.83. The number of hydrogen-bond acceptors (Lipinski definition) is 4. The van der Waals surface area contributed by atoms with Gasteiger partial charge in [-0.3, -0.25) is 9.69 Å². The fourth-order valence-electron chi connectivity index (χ4n) is 1.97. The monoisotopic (exact) mass is 301 g/mol. The largest absolute Gasteiger partial charge is 0.361 e. The maximum Gasteiger partial charge on any atom is 0.259 e. The van der Waals surface area contributed by atoms with Gasteiger partial charge < -0.3 is 9.42 Å². The first-order valence-electron chi connectivity index (χ1n) is 5.71. The zero-order valence-electron chi connectivity index (χ0n) is 9.86. The van der Waals surface area contributed by atoms with Crippen LogP contribution >= 0.6 is 15.9 Å². The lowest BCUT2D eigenvalue weighted by Gasteiger charge is -2.34. The zero-order chi connectivity index (χ0) is 12.3. The number of piperazine rings is 1. The second-order valence-electron chi connectivity index (χ2n) is 4.12. The third-order valence-corrected chi connectivity index (χ3v) is 3.40. The molecule has 1 saturated heterocycles. The van der Waals surface area contributed by atoms with Gasteiger partial charge in [0.25, 0.3) is 5.91 Å². The maximum absolute atomic E-state index is 12.1. The highest BCUT2D eigenvalue weighted by Gasteiger charge is 2.24. The van der Waals surface area contributed by atoms with Crippen LogP contribution in [-0.4, -0.2) is 58.9 Å². The van der Waals surface area contributed by atoms with Crippen LogP contribution in [0.1, 0.15) is 16.1 Å². The molecule has 0 spiro atoms. The van der Waals surface area contributed by atoms with Gasteiger partial charge in [0.05, 0.1) is 6.20 Å². The lowest BCUT2D eigenvalue weighted by atomic mass is 10.2. The number of halogens is 1. The third kappa shape index (κ3) is 2.87. The van der Waals surface area contributed by atoms with E-state index in [1.165, 1.54) is 6.20 Å². The second-order valence-corrected chi connectivity index (χ2v) is 4.91. The Balaban J connectivity index is 1.93. The van der Waals surface area contributed by atoms with E-state index in [-0.39, 0.29) is 5.91 Å². The SMILES string of the molecule is Cc1oncc1C(=O)N1CCN(CCBr)CC1. The standard InChI is InChI=1S/C11H16BrN3O2/c1-9-10(8-13-17-9)11(16)15-6-4-14(3-2-12)5-7-15/h8H,2-7H2,1H3. The molecule has 0 aromatic carbocycles. The summed E-state index contributed by atoms with van der Waals surface area (Å²) in [4.78, 5) is 16.4. The molecular weight excluding hydrogens is 286 g/mol. The van der Waals surface area contributed by atoms with E-state index < -0.39 is 0 Å². The summed E-state index contributed by atoms with van der Waals surface area (Å²) in [7, 11) is 0. The van der Waals surface area contributed by atoms with Crippen molar-refractivity contribution in [1.29, 1.82) is 0 Å². The van der Waals surface area contributed by atoms with Crippen LogP contribution in [0, 0.1) is 6.92 Å². The molecule has 6 heteroatoms. The molecule has 0 N–H and O–H groups in total. The highest BCUT2D eigenvalue weighted by molar-refractivity contribution is 9.09. The molecule has 0 bridgehead atoms. The number of hydrogen-bond donors (Lipinski definition) is 0. The van der Waals surface area contributed by atoms with E-state index in [9.17, 15) is 4.79 Å². The highest BCUT2D eigenvalue weighted by Crippen LogP contribution is 2.12. The smallest absolute Gasteiger partial charge is 0.259 e. The molecule has 1 fully saturated rings. The molecule has 1 aromatic heterocycles. The van der Waals surface area contributed by atoms with E-state index in [0.29, 0.717) is 11.3 Å². The number of carbonyl (C=O) groups excluding carboxylic acids is 1. The fraction of sp³-hybridized carbons (Fsp3) is 0.636. The summed E-state index contributed by atoms with van der Waals surface area (Å²) in [6.07, 6.45) is 1.50. The third-order valence-electron chi connectivity index (χ3n) is 3.04. The van der Waals surface area contributed by atoms with Gasteiger partial charge in [0.15, 0.2) is 0 Å². The Labute approximate surface area is 109 Å². The minimum Gasteiger partial charge on any atom is -0.361 e. The van der Waals surface area contributed by atoms with Crippen LogP contribution < -0.4 is 0 Å². The first kappa shape index (κ1) is 12.6. The van der Waals surface area contributed by atoms with Gasteiger partial charge in [0.1, 0.15) is 11.3 Å². The first-order chi connectivity index (χ1) is 8.22. The molecule has 17 heavy (non-hydrogen) atoms. The Morgan fingerprint density at radius 3 is 2.71 bits per heavy atom. The van der Waals surface area contributed by atoms with Crippen molar-refractivity contribution in [1.82, 2.24) is 15.0 Å². The Morgan fingerprint density at radius 2 is 2.18 bits per heavy atom. The number of amides is 1. The van der Waals surface area contributed by atoms with Crippen LogP contribution in [0.2, 0.25) is 0 Å². The summed E-state index contributed by atoms with van der Waals surface area (Å²) in [5.74, 6) is 0.625. The van der Waals surface area contributed by atoms with Crippen molar-refractivity contribution in [3.63, 3.8) is 0 Å². The number of rotatable bonds is 3. The van der Waals surface area contributed by atoms with Crippen LogP contribution in [0.15, 0.2) is 10.7 Å². The quantitative estimate of drug-likeness (QED) is 0.786. The highest BCUT2D eigenvalue weighted by atomic mass is 79.9. The fourth-order valence-corrected chi connectivity index (χ4v) is 2.47.